The van der Waals surface area contributed by atoms with Gasteiger partial charge in [0, 0.05) is 19.6 Å². The second-order valence-corrected chi connectivity index (χ2v) is 8.78. The molecule has 3 atom stereocenters. The molecule has 6 nitrogen and oxygen atoms in total. The average Bonchev–Trinajstić information content (AvgIpc) is 3.24. The minimum absolute atomic E-state index is 0.0390. The number of benzene rings is 1. The van der Waals surface area contributed by atoms with Crippen molar-refractivity contribution in [3.63, 3.8) is 0 Å². The molecule has 2 heterocycles. The number of likely N-dealkylation sites (N-methyl/N-ethyl adjacent to an activating group) is 1. The third-order valence-electron chi connectivity index (χ3n) is 6.72. The Bertz CT molecular complexity index is 704. The fourth-order valence-corrected chi connectivity index (χ4v) is 5.13. The quantitative estimate of drug-likeness (QED) is 0.624. The van der Waals surface area contributed by atoms with E-state index >= 15 is 0 Å². The van der Waals surface area contributed by atoms with E-state index < -0.39 is 17.9 Å². The number of hydrogen-bond acceptors (Lipinski definition) is 4. The van der Waals surface area contributed by atoms with Gasteiger partial charge in [0.15, 0.2) is 0 Å². The Labute approximate surface area is 160 Å². The number of hydroxylamine groups is 1. The van der Waals surface area contributed by atoms with Gasteiger partial charge < -0.3 is 4.90 Å². The number of piperidine rings is 1. The van der Waals surface area contributed by atoms with Crippen LogP contribution < -0.4 is 5.48 Å². The van der Waals surface area contributed by atoms with E-state index in [1.807, 2.05) is 22.9 Å². The number of carbonyl (C=O) groups is 2. The van der Waals surface area contributed by atoms with Gasteiger partial charge in [-0.3, -0.25) is 19.7 Å². The third-order valence-corrected chi connectivity index (χ3v) is 6.72. The summed E-state index contributed by atoms with van der Waals surface area (Å²) in [6.07, 6.45) is 4.89. The standard InChI is InChI=1S/C21H29N3O3/c1-23-14-21(8-9-21)12-17(19(25)22-27)18(23)20(26)24-10-7-16(13-24)11-15-5-3-2-4-6-15/h2-6,16-18,27H,7-14H2,1H3,(H,22,25)/t16?,17-,18-/m0/s1. The molecule has 3 aliphatic rings. The number of likely N-dealkylation sites (tertiary alicyclic amines) is 2. The molecule has 2 N–H and O–H groups in total. The zero-order chi connectivity index (χ0) is 19.0. The average molecular weight is 371 g/mol. The zero-order valence-electron chi connectivity index (χ0n) is 15.9. The molecule has 2 amide bonds. The minimum Gasteiger partial charge on any atom is -0.341 e. The van der Waals surface area contributed by atoms with Crippen LogP contribution in [0.1, 0.15) is 31.2 Å². The summed E-state index contributed by atoms with van der Waals surface area (Å²) in [7, 11) is 1.94. The SMILES string of the molecule is CN1CC2(CC2)C[C@H](C(=O)NO)[C@H]1C(=O)N1CCC(Cc2ccccc2)C1. The highest BCUT2D eigenvalue weighted by Crippen LogP contribution is 2.54. The van der Waals surface area contributed by atoms with Crippen LogP contribution >= 0.6 is 0 Å². The smallest absolute Gasteiger partial charge is 0.248 e. The molecule has 146 valence electrons. The molecule has 0 radical (unpaired) electrons. The number of carbonyl (C=O) groups excluding carboxylic acids is 2. The Kier molecular flexibility index (Phi) is 4.95. The van der Waals surface area contributed by atoms with E-state index in [9.17, 15) is 14.8 Å². The van der Waals surface area contributed by atoms with Crippen LogP contribution in [0.3, 0.4) is 0 Å². The first kappa shape index (κ1) is 18.4. The Balaban J connectivity index is 1.43. The number of nitrogens with zero attached hydrogens (tertiary/aromatic N) is 2. The molecule has 3 fully saturated rings. The van der Waals surface area contributed by atoms with Gasteiger partial charge in [0.1, 0.15) is 6.04 Å². The fourth-order valence-electron chi connectivity index (χ4n) is 5.13. The van der Waals surface area contributed by atoms with Crippen molar-refractivity contribution in [3.05, 3.63) is 35.9 Å². The van der Waals surface area contributed by atoms with Gasteiger partial charge in [-0.15, -0.1) is 0 Å². The molecule has 2 saturated heterocycles. The van der Waals surface area contributed by atoms with Crippen LogP contribution in [0.25, 0.3) is 0 Å². The number of amides is 2. The number of nitrogens with one attached hydrogen (secondary N) is 1. The van der Waals surface area contributed by atoms with Crippen molar-refractivity contribution in [2.45, 2.75) is 38.1 Å². The van der Waals surface area contributed by atoms with Crippen LogP contribution in [-0.4, -0.2) is 59.5 Å². The van der Waals surface area contributed by atoms with E-state index in [2.05, 4.69) is 24.3 Å². The molecular formula is C21H29N3O3. The summed E-state index contributed by atoms with van der Waals surface area (Å²) in [6.45, 7) is 2.36. The van der Waals surface area contributed by atoms with E-state index in [0.29, 0.717) is 12.3 Å². The van der Waals surface area contributed by atoms with Gasteiger partial charge in [0.25, 0.3) is 0 Å². The summed E-state index contributed by atoms with van der Waals surface area (Å²) in [5, 5.41) is 9.19. The van der Waals surface area contributed by atoms with Crippen LogP contribution in [-0.2, 0) is 16.0 Å². The Morgan fingerprint density at radius 3 is 2.67 bits per heavy atom. The van der Waals surface area contributed by atoms with Gasteiger partial charge in [-0.25, -0.2) is 5.48 Å². The lowest BCUT2D eigenvalue weighted by atomic mass is 9.80. The molecular weight excluding hydrogens is 342 g/mol. The molecule has 1 unspecified atom stereocenters. The Morgan fingerprint density at radius 1 is 1.26 bits per heavy atom. The van der Waals surface area contributed by atoms with Crippen molar-refractivity contribution >= 4 is 11.8 Å². The fraction of sp³-hybridized carbons (Fsp3) is 0.619. The lowest BCUT2D eigenvalue weighted by Crippen LogP contribution is -2.59. The van der Waals surface area contributed by atoms with Crippen molar-refractivity contribution in [2.75, 3.05) is 26.7 Å². The lowest BCUT2D eigenvalue weighted by Gasteiger charge is -2.42. The molecule has 6 heteroatoms. The zero-order valence-corrected chi connectivity index (χ0v) is 15.9. The van der Waals surface area contributed by atoms with Crippen molar-refractivity contribution in [1.29, 1.82) is 0 Å². The molecule has 1 saturated carbocycles. The van der Waals surface area contributed by atoms with E-state index in [1.54, 1.807) is 5.48 Å². The van der Waals surface area contributed by atoms with Crippen LogP contribution in [0.4, 0.5) is 0 Å². The first-order chi connectivity index (χ1) is 13.0. The van der Waals surface area contributed by atoms with Gasteiger partial charge in [0.2, 0.25) is 11.8 Å². The lowest BCUT2D eigenvalue weighted by molar-refractivity contribution is -0.150. The van der Waals surface area contributed by atoms with Gasteiger partial charge in [-0.05, 0) is 56.0 Å². The predicted molar refractivity (Wildman–Crippen MR) is 101 cm³/mol. The van der Waals surface area contributed by atoms with E-state index in [1.165, 1.54) is 5.56 Å². The summed E-state index contributed by atoms with van der Waals surface area (Å²) >= 11 is 0. The molecule has 1 spiro atoms. The van der Waals surface area contributed by atoms with Crippen molar-refractivity contribution in [1.82, 2.24) is 15.3 Å². The molecule has 0 bridgehead atoms. The summed E-state index contributed by atoms with van der Waals surface area (Å²) < 4.78 is 0. The Morgan fingerprint density at radius 2 is 2.00 bits per heavy atom. The summed E-state index contributed by atoms with van der Waals surface area (Å²) in [4.78, 5) is 29.6. The topological polar surface area (TPSA) is 72.9 Å². The molecule has 1 aliphatic carbocycles. The Hall–Kier alpha value is -1.92. The highest BCUT2D eigenvalue weighted by atomic mass is 16.5. The molecule has 27 heavy (non-hydrogen) atoms. The third kappa shape index (κ3) is 3.73. The van der Waals surface area contributed by atoms with E-state index in [0.717, 1.165) is 45.3 Å². The van der Waals surface area contributed by atoms with Crippen LogP contribution in [0.15, 0.2) is 30.3 Å². The van der Waals surface area contributed by atoms with Crippen LogP contribution in [0.5, 0.6) is 0 Å². The maximum Gasteiger partial charge on any atom is 0.248 e. The molecule has 0 aromatic heterocycles. The second kappa shape index (κ2) is 7.24. The second-order valence-electron chi connectivity index (χ2n) is 8.78. The van der Waals surface area contributed by atoms with Crippen LogP contribution in [0, 0.1) is 17.3 Å². The normalized spacial score (nSPS) is 29.7. The molecule has 2 aliphatic heterocycles. The van der Waals surface area contributed by atoms with Gasteiger partial charge in [-0.2, -0.15) is 0 Å². The monoisotopic (exact) mass is 371 g/mol. The molecule has 1 aromatic carbocycles. The van der Waals surface area contributed by atoms with Gasteiger partial charge >= 0.3 is 0 Å². The maximum absolute atomic E-state index is 13.3. The van der Waals surface area contributed by atoms with Crippen molar-refractivity contribution < 1.29 is 14.8 Å². The summed E-state index contributed by atoms with van der Waals surface area (Å²) in [6, 6.07) is 9.92. The number of rotatable bonds is 4. The molecule has 4 rings (SSSR count). The molecule has 1 aromatic rings. The highest BCUT2D eigenvalue weighted by molar-refractivity contribution is 5.90. The first-order valence-corrected chi connectivity index (χ1v) is 9.98. The minimum atomic E-state index is -0.475. The number of hydrogen-bond donors (Lipinski definition) is 2. The summed E-state index contributed by atoms with van der Waals surface area (Å²) in [5.74, 6) is -0.398. The van der Waals surface area contributed by atoms with Gasteiger partial charge in [-0.1, -0.05) is 30.3 Å². The first-order valence-electron chi connectivity index (χ1n) is 9.98. The van der Waals surface area contributed by atoms with Gasteiger partial charge in [0.05, 0.1) is 5.92 Å². The largest absolute Gasteiger partial charge is 0.341 e. The maximum atomic E-state index is 13.3. The van der Waals surface area contributed by atoms with E-state index in [-0.39, 0.29) is 11.3 Å². The summed E-state index contributed by atoms with van der Waals surface area (Å²) in [5.41, 5.74) is 3.28. The van der Waals surface area contributed by atoms with Crippen LogP contribution in [0.2, 0.25) is 0 Å². The van der Waals surface area contributed by atoms with E-state index in [4.69, 9.17) is 0 Å². The highest BCUT2D eigenvalue weighted by Gasteiger charge is 2.55. The van der Waals surface area contributed by atoms with Crippen molar-refractivity contribution in [3.8, 4) is 0 Å². The van der Waals surface area contributed by atoms with Crippen molar-refractivity contribution in [2.24, 2.45) is 17.3 Å². The predicted octanol–water partition coefficient (Wildman–Crippen LogP) is 1.68.